The van der Waals surface area contributed by atoms with Gasteiger partial charge in [-0.15, -0.1) is 0 Å². The van der Waals surface area contributed by atoms with Gasteiger partial charge in [-0.05, 0) is 23.3 Å². The number of hydrazone groups is 1. The normalized spacial score (nSPS) is 19.9. The van der Waals surface area contributed by atoms with E-state index in [1.165, 1.54) is 29.4 Å². The van der Waals surface area contributed by atoms with Crippen LogP contribution >= 0.6 is 0 Å². The number of likely N-dealkylation sites (N-methyl/N-ethyl adjacent to an activating group) is 2. The first-order valence-electron chi connectivity index (χ1n) is 10.4. The number of amides is 4. The molecule has 0 bridgehead atoms. The Morgan fingerprint density at radius 2 is 1.94 bits per heavy atom. The van der Waals surface area contributed by atoms with E-state index in [1.807, 2.05) is 54.6 Å². The number of carbonyl (C=O) groups is 3. The molecule has 0 saturated carbocycles. The highest BCUT2D eigenvalue weighted by Gasteiger charge is 2.48. The maximum atomic E-state index is 12.5. The fourth-order valence-corrected chi connectivity index (χ4v) is 3.65. The van der Waals surface area contributed by atoms with Crippen molar-refractivity contribution in [1.82, 2.24) is 20.1 Å². The van der Waals surface area contributed by atoms with Crippen molar-refractivity contribution in [2.24, 2.45) is 10.1 Å². The van der Waals surface area contributed by atoms with Gasteiger partial charge >= 0.3 is 6.03 Å². The van der Waals surface area contributed by atoms with Gasteiger partial charge in [0.25, 0.3) is 11.8 Å². The standard InChI is InChI=1S/C23H24N6O4/c1-27-21-20(22(31)28(2)23(27)32)29(15-24-21)13-19(30)26-25-12-17-9-6-10-18(11-17)33-14-16-7-4-3-5-8-16/h3-12,15,20-21H,13-14H2,1-2H3,(H,26,30)/b25-12+. The summed E-state index contributed by atoms with van der Waals surface area (Å²) in [5, 5.41) is 4.00. The van der Waals surface area contributed by atoms with E-state index < -0.39 is 30.1 Å². The van der Waals surface area contributed by atoms with Gasteiger partial charge < -0.3 is 14.5 Å². The zero-order chi connectivity index (χ0) is 23.4. The first kappa shape index (κ1) is 22.0. The van der Waals surface area contributed by atoms with E-state index in [2.05, 4.69) is 15.5 Å². The Labute approximate surface area is 191 Å². The Kier molecular flexibility index (Phi) is 6.34. The number of aliphatic imine (C=N–C) groups is 1. The third-order valence-corrected chi connectivity index (χ3v) is 5.41. The van der Waals surface area contributed by atoms with Crippen LogP contribution in [-0.4, -0.2) is 77.9 Å². The summed E-state index contributed by atoms with van der Waals surface area (Å²) in [4.78, 5) is 45.1. The first-order chi connectivity index (χ1) is 15.9. The summed E-state index contributed by atoms with van der Waals surface area (Å²) < 4.78 is 5.80. The average Bonchev–Trinajstić information content (AvgIpc) is 3.24. The van der Waals surface area contributed by atoms with Crippen molar-refractivity contribution < 1.29 is 19.1 Å². The van der Waals surface area contributed by atoms with Crippen LogP contribution in [0.1, 0.15) is 11.1 Å². The molecule has 0 radical (unpaired) electrons. The SMILES string of the molecule is CN1C(=O)C2C(N=CN2CC(=O)N/N=C/c2cccc(OCc3ccccc3)c2)N(C)C1=O. The van der Waals surface area contributed by atoms with Gasteiger partial charge in [-0.1, -0.05) is 42.5 Å². The highest BCUT2D eigenvalue weighted by molar-refractivity contribution is 6.02. The molecule has 2 aromatic rings. The Morgan fingerprint density at radius 1 is 1.15 bits per heavy atom. The molecule has 170 valence electrons. The fraction of sp³-hybridized carbons (Fsp3) is 0.261. The molecule has 4 rings (SSSR count). The fourth-order valence-electron chi connectivity index (χ4n) is 3.65. The third kappa shape index (κ3) is 4.84. The second-order valence-electron chi connectivity index (χ2n) is 7.73. The second-order valence-corrected chi connectivity index (χ2v) is 7.73. The van der Waals surface area contributed by atoms with Gasteiger partial charge in [0.05, 0.1) is 12.6 Å². The molecule has 0 spiro atoms. The third-order valence-electron chi connectivity index (χ3n) is 5.41. The van der Waals surface area contributed by atoms with Gasteiger partial charge in [0.15, 0.2) is 12.2 Å². The van der Waals surface area contributed by atoms with Crippen molar-refractivity contribution >= 4 is 30.4 Å². The minimum atomic E-state index is -0.731. The van der Waals surface area contributed by atoms with E-state index in [-0.39, 0.29) is 6.54 Å². The van der Waals surface area contributed by atoms with Gasteiger partial charge in [-0.25, -0.2) is 15.2 Å². The zero-order valence-corrected chi connectivity index (χ0v) is 18.3. The molecule has 1 fully saturated rings. The predicted octanol–water partition coefficient (Wildman–Crippen LogP) is 1.28. The van der Waals surface area contributed by atoms with E-state index in [4.69, 9.17) is 4.74 Å². The Hall–Kier alpha value is -4.21. The molecular weight excluding hydrogens is 424 g/mol. The lowest BCUT2D eigenvalue weighted by molar-refractivity contribution is -0.136. The number of urea groups is 1. The number of ether oxygens (including phenoxy) is 1. The molecule has 4 amide bonds. The summed E-state index contributed by atoms with van der Waals surface area (Å²) in [6, 6.07) is 16.0. The zero-order valence-electron chi connectivity index (χ0n) is 18.3. The van der Waals surface area contributed by atoms with Gasteiger partial charge in [0, 0.05) is 14.1 Å². The van der Waals surface area contributed by atoms with Crippen LogP contribution in [0.25, 0.3) is 0 Å². The van der Waals surface area contributed by atoms with Crippen LogP contribution in [0, 0.1) is 0 Å². The Bertz CT molecular complexity index is 1100. The summed E-state index contributed by atoms with van der Waals surface area (Å²) >= 11 is 0. The minimum absolute atomic E-state index is 0.121. The molecule has 2 aliphatic rings. The number of carbonyl (C=O) groups excluding carboxylic acids is 3. The van der Waals surface area contributed by atoms with Crippen LogP contribution in [0.5, 0.6) is 5.75 Å². The van der Waals surface area contributed by atoms with Gasteiger partial charge in [0.2, 0.25) is 0 Å². The molecule has 2 aromatic carbocycles. The molecule has 1 N–H and O–H groups in total. The summed E-state index contributed by atoms with van der Waals surface area (Å²) in [6.07, 6.45) is 2.30. The lowest BCUT2D eigenvalue weighted by atomic mass is 10.1. The van der Waals surface area contributed by atoms with Crippen molar-refractivity contribution in [2.45, 2.75) is 18.8 Å². The number of nitrogens with one attached hydrogen (secondary N) is 1. The second kappa shape index (κ2) is 9.51. The van der Waals surface area contributed by atoms with Crippen LogP contribution in [0.15, 0.2) is 64.7 Å². The van der Waals surface area contributed by atoms with E-state index >= 15 is 0 Å². The number of nitrogens with zero attached hydrogens (tertiary/aromatic N) is 5. The Morgan fingerprint density at radius 3 is 2.73 bits per heavy atom. The molecule has 2 atom stereocenters. The lowest BCUT2D eigenvalue weighted by Crippen LogP contribution is -2.64. The van der Waals surface area contributed by atoms with Gasteiger partial charge in [-0.3, -0.25) is 14.5 Å². The van der Waals surface area contributed by atoms with Crippen LogP contribution < -0.4 is 10.2 Å². The highest BCUT2D eigenvalue weighted by atomic mass is 16.5. The van der Waals surface area contributed by atoms with Crippen LogP contribution in [0.3, 0.4) is 0 Å². The van der Waals surface area contributed by atoms with Crippen LogP contribution in [0.2, 0.25) is 0 Å². The number of rotatable bonds is 7. The van der Waals surface area contributed by atoms with E-state index in [9.17, 15) is 14.4 Å². The topological polar surface area (TPSA) is 107 Å². The molecule has 10 heteroatoms. The smallest absolute Gasteiger partial charge is 0.328 e. The summed E-state index contributed by atoms with van der Waals surface area (Å²) in [6.45, 7) is 0.330. The van der Waals surface area contributed by atoms with Crippen molar-refractivity contribution in [3.05, 3.63) is 65.7 Å². The largest absolute Gasteiger partial charge is 0.489 e. The molecule has 2 unspecified atom stereocenters. The summed E-state index contributed by atoms with van der Waals surface area (Å²) in [5.74, 6) is -0.124. The van der Waals surface area contributed by atoms with E-state index in [0.29, 0.717) is 12.4 Å². The van der Waals surface area contributed by atoms with Gasteiger partial charge in [-0.2, -0.15) is 5.10 Å². The van der Waals surface area contributed by atoms with Crippen molar-refractivity contribution in [3.63, 3.8) is 0 Å². The average molecular weight is 448 g/mol. The quantitative estimate of drug-likeness (QED) is 0.507. The maximum Gasteiger partial charge on any atom is 0.328 e. The number of imide groups is 1. The molecule has 1 saturated heterocycles. The number of hydrogen-bond acceptors (Lipinski definition) is 7. The van der Waals surface area contributed by atoms with Gasteiger partial charge in [0.1, 0.15) is 18.9 Å². The first-order valence-corrected chi connectivity index (χ1v) is 10.4. The molecule has 0 aliphatic carbocycles. The number of hydrogen-bond donors (Lipinski definition) is 1. The minimum Gasteiger partial charge on any atom is -0.489 e. The molecule has 2 aliphatic heterocycles. The van der Waals surface area contributed by atoms with Crippen LogP contribution in [-0.2, 0) is 16.2 Å². The molecular formula is C23H24N6O4. The predicted molar refractivity (Wildman–Crippen MR) is 122 cm³/mol. The maximum absolute atomic E-state index is 12.5. The van der Waals surface area contributed by atoms with Crippen molar-refractivity contribution in [2.75, 3.05) is 20.6 Å². The van der Waals surface area contributed by atoms with Crippen molar-refractivity contribution in [3.8, 4) is 5.75 Å². The Balaban J connectivity index is 1.30. The number of benzene rings is 2. The number of fused-ring (bicyclic) bond motifs is 1. The van der Waals surface area contributed by atoms with E-state index in [0.717, 1.165) is 16.0 Å². The summed E-state index contributed by atoms with van der Waals surface area (Å²) in [5.41, 5.74) is 4.28. The highest BCUT2D eigenvalue weighted by Crippen LogP contribution is 2.24. The van der Waals surface area contributed by atoms with Crippen molar-refractivity contribution in [1.29, 1.82) is 0 Å². The molecule has 0 aromatic heterocycles. The molecule has 33 heavy (non-hydrogen) atoms. The molecule has 10 nitrogen and oxygen atoms in total. The van der Waals surface area contributed by atoms with E-state index in [1.54, 1.807) is 7.05 Å². The monoisotopic (exact) mass is 448 g/mol. The lowest BCUT2D eigenvalue weighted by Gasteiger charge is -2.39. The molecule has 2 heterocycles. The van der Waals surface area contributed by atoms with Crippen LogP contribution in [0.4, 0.5) is 4.79 Å². The summed E-state index contributed by atoms with van der Waals surface area (Å²) in [7, 11) is 2.99.